The first-order valence-electron chi connectivity index (χ1n) is 24.0. The number of hydrogen-bond donors (Lipinski definition) is 0. The van der Waals surface area contributed by atoms with Gasteiger partial charge in [0.25, 0.3) is 0 Å². The van der Waals surface area contributed by atoms with Crippen molar-refractivity contribution in [3.8, 4) is 0 Å². The Morgan fingerprint density at radius 3 is 0.686 bits per heavy atom. The van der Waals surface area contributed by atoms with Crippen LogP contribution in [0.1, 0.15) is 254 Å². The Labute approximate surface area is 329 Å². The molecule has 0 spiro atoms. The Morgan fingerprint density at radius 2 is 0.451 bits per heavy atom. The summed E-state index contributed by atoms with van der Waals surface area (Å²) in [7, 11) is 0. The Hall–Kier alpha value is 0.554. The third-order valence-electron chi connectivity index (χ3n) is 11.2. The fourth-order valence-electron chi connectivity index (χ4n) is 7.90. The fraction of sp³-hybridized carbons (Fsp3) is 1.00. The summed E-state index contributed by atoms with van der Waals surface area (Å²) in [6, 6.07) is 0. The Bertz CT molecular complexity index is 559. The number of unbranched alkanes of at least 4 members (excludes halogenated alkanes) is 25. The average molecular weight is 758 g/mol. The van der Waals surface area contributed by atoms with Crippen molar-refractivity contribution in [2.75, 3.05) is 45.9 Å². The third-order valence-corrected chi connectivity index (χ3v) is 18.1. The first kappa shape index (κ1) is 51.6. The Morgan fingerprint density at radius 1 is 0.255 bits per heavy atom. The SMILES string of the molecule is CCCCCCCCCC[O][Ti]([N](CCCCCC)CCCCCC)([N](CCCCCC)CCCCCC)[N](CCCCCC)CCCCCC. The average Bonchev–Trinajstić information content (AvgIpc) is 3.14. The van der Waals surface area contributed by atoms with Crippen LogP contribution in [0, 0.1) is 0 Å². The number of rotatable bonds is 43. The van der Waals surface area contributed by atoms with Gasteiger partial charge in [-0.3, -0.25) is 0 Å². The second kappa shape index (κ2) is 40.2. The van der Waals surface area contributed by atoms with Crippen LogP contribution in [0.25, 0.3) is 0 Å². The summed E-state index contributed by atoms with van der Waals surface area (Å²) in [5.74, 6) is 0. The van der Waals surface area contributed by atoms with Crippen molar-refractivity contribution in [3.63, 3.8) is 0 Å². The molecule has 0 aromatic rings. The van der Waals surface area contributed by atoms with Gasteiger partial charge in [-0.2, -0.15) is 0 Å². The molecule has 0 radical (unpaired) electrons. The topological polar surface area (TPSA) is 19.0 Å². The zero-order valence-electron chi connectivity index (χ0n) is 36.8. The molecule has 0 unspecified atom stereocenters. The zero-order valence-corrected chi connectivity index (χ0v) is 38.4. The molecule has 0 amide bonds. The molecule has 0 heterocycles. The summed E-state index contributed by atoms with van der Waals surface area (Å²) in [6.07, 6.45) is 43.4. The van der Waals surface area contributed by atoms with Crippen LogP contribution in [0.4, 0.5) is 0 Å². The van der Waals surface area contributed by atoms with Crippen LogP contribution in [-0.2, 0) is 21.1 Å². The molecule has 4 nitrogen and oxygen atoms in total. The molecule has 0 bridgehead atoms. The van der Waals surface area contributed by atoms with E-state index < -0.39 is 17.7 Å². The van der Waals surface area contributed by atoms with Gasteiger partial charge in [0.15, 0.2) is 0 Å². The molecule has 5 heteroatoms. The van der Waals surface area contributed by atoms with Crippen LogP contribution in [0.2, 0.25) is 0 Å². The molecule has 0 saturated carbocycles. The van der Waals surface area contributed by atoms with E-state index in [2.05, 4.69) is 58.6 Å². The molecule has 0 aliphatic rings. The van der Waals surface area contributed by atoms with Crippen LogP contribution in [-0.4, -0.2) is 56.0 Å². The van der Waals surface area contributed by atoms with Crippen molar-refractivity contribution >= 4 is 0 Å². The van der Waals surface area contributed by atoms with Gasteiger partial charge in [-0.05, 0) is 0 Å². The van der Waals surface area contributed by atoms with E-state index in [9.17, 15) is 0 Å². The molecular formula is C46H99N3OTi. The predicted molar refractivity (Wildman–Crippen MR) is 228 cm³/mol. The summed E-state index contributed by atoms with van der Waals surface area (Å²) in [6.45, 7) is 25.1. The van der Waals surface area contributed by atoms with Crippen LogP contribution in [0.5, 0.6) is 0 Å². The van der Waals surface area contributed by atoms with E-state index in [0.717, 1.165) is 6.61 Å². The predicted octanol–water partition coefficient (Wildman–Crippen LogP) is 15.3. The van der Waals surface area contributed by atoms with Gasteiger partial charge in [-0.1, -0.05) is 0 Å². The second-order valence-electron chi connectivity index (χ2n) is 16.2. The molecule has 0 rings (SSSR count). The maximum atomic E-state index is 7.97. The summed E-state index contributed by atoms with van der Waals surface area (Å²) in [5, 5.41) is 0. The minimum absolute atomic E-state index is 0.982. The molecule has 0 N–H and O–H groups in total. The van der Waals surface area contributed by atoms with Crippen LogP contribution < -0.4 is 0 Å². The molecule has 0 aromatic carbocycles. The molecule has 0 aromatic heterocycles. The van der Waals surface area contributed by atoms with E-state index >= 15 is 0 Å². The third kappa shape index (κ3) is 26.9. The van der Waals surface area contributed by atoms with Crippen molar-refractivity contribution in [1.29, 1.82) is 0 Å². The van der Waals surface area contributed by atoms with Crippen molar-refractivity contribution in [2.24, 2.45) is 0 Å². The van der Waals surface area contributed by atoms with E-state index in [1.165, 1.54) is 245 Å². The van der Waals surface area contributed by atoms with Crippen LogP contribution in [0.15, 0.2) is 0 Å². The van der Waals surface area contributed by atoms with E-state index in [1.54, 1.807) is 0 Å². The van der Waals surface area contributed by atoms with Gasteiger partial charge in [0.05, 0.1) is 0 Å². The van der Waals surface area contributed by atoms with E-state index in [0.29, 0.717) is 0 Å². The first-order chi connectivity index (χ1) is 25.1. The molecule has 0 aliphatic heterocycles. The molecule has 308 valence electrons. The van der Waals surface area contributed by atoms with Crippen molar-refractivity contribution in [3.05, 3.63) is 0 Å². The minimum atomic E-state index is -3.40. The quantitative estimate of drug-likeness (QED) is 0.0455. The Balaban J connectivity index is 6.94. The van der Waals surface area contributed by atoms with Gasteiger partial charge in [-0.15, -0.1) is 0 Å². The standard InChI is InChI=1S/3C12H26N.C10H21O.Ti/c3*1-3-5-7-9-11-13-12-10-8-6-4-2;1-2-3-4-5-6-7-8-9-10-11;/h3*3-12H2,1-2H3;2-10H2,1H3;/q4*-1;+4. The molecule has 0 atom stereocenters. The molecule has 0 fully saturated rings. The monoisotopic (exact) mass is 758 g/mol. The summed E-state index contributed by atoms with van der Waals surface area (Å²) < 4.78 is 17.4. The molecular weight excluding hydrogens is 658 g/mol. The summed E-state index contributed by atoms with van der Waals surface area (Å²) in [5.41, 5.74) is 0. The summed E-state index contributed by atoms with van der Waals surface area (Å²) >= 11 is -3.40. The Kier molecular flexibility index (Phi) is 40.7. The normalized spacial score (nSPS) is 12.4. The van der Waals surface area contributed by atoms with Crippen LogP contribution >= 0.6 is 0 Å². The molecule has 0 saturated heterocycles. The van der Waals surface area contributed by atoms with Gasteiger partial charge in [0.1, 0.15) is 0 Å². The summed E-state index contributed by atoms with van der Waals surface area (Å²) in [4.78, 5) is 0. The molecule has 0 aliphatic carbocycles. The van der Waals surface area contributed by atoms with Crippen molar-refractivity contribution < 1.29 is 21.1 Å². The number of nitrogens with zero attached hydrogens (tertiary/aromatic N) is 3. The number of hydrogen-bond acceptors (Lipinski definition) is 4. The molecule has 51 heavy (non-hydrogen) atoms. The van der Waals surface area contributed by atoms with E-state index in [4.69, 9.17) is 3.32 Å². The van der Waals surface area contributed by atoms with E-state index in [-0.39, 0.29) is 0 Å². The maximum absolute atomic E-state index is 7.97. The van der Waals surface area contributed by atoms with Crippen molar-refractivity contribution in [1.82, 2.24) is 10.1 Å². The van der Waals surface area contributed by atoms with E-state index in [1.807, 2.05) is 0 Å². The zero-order chi connectivity index (χ0) is 37.5. The van der Waals surface area contributed by atoms with Gasteiger partial charge >= 0.3 is 331 Å². The second-order valence-corrected chi connectivity index (χ2v) is 21.4. The van der Waals surface area contributed by atoms with Gasteiger partial charge in [0.2, 0.25) is 0 Å². The van der Waals surface area contributed by atoms with Crippen LogP contribution in [0.3, 0.4) is 0 Å². The van der Waals surface area contributed by atoms with Gasteiger partial charge < -0.3 is 0 Å². The van der Waals surface area contributed by atoms with Crippen molar-refractivity contribution in [2.45, 2.75) is 254 Å². The van der Waals surface area contributed by atoms with Gasteiger partial charge in [-0.25, -0.2) is 0 Å². The first-order valence-corrected chi connectivity index (χ1v) is 26.7. The van der Waals surface area contributed by atoms with Gasteiger partial charge in [0, 0.05) is 0 Å². The fourth-order valence-corrected chi connectivity index (χ4v) is 15.5.